The maximum atomic E-state index is 4.31. The second kappa shape index (κ2) is 1.97. The number of hydrogen-bond donors (Lipinski definition) is 1. The van der Waals surface area contributed by atoms with Crippen LogP contribution in [0.25, 0.3) is 6.08 Å². The van der Waals surface area contributed by atoms with Gasteiger partial charge in [-0.1, -0.05) is 6.08 Å². The third-order valence-electron chi connectivity index (χ3n) is 1.77. The van der Waals surface area contributed by atoms with Crippen molar-refractivity contribution in [3.63, 3.8) is 0 Å². The molecular formula is C8H12N2. The average molecular weight is 136 g/mol. The van der Waals surface area contributed by atoms with E-state index in [1.165, 1.54) is 5.69 Å². The predicted molar refractivity (Wildman–Crippen MR) is 42.8 cm³/mol. The topological polar surface area (TPSA) is 28.7 Å². The van der Waals surface area contributed by atoms with Crippen LogP contribution in [0.4, 0.5) is 0 Å². The summed E-state index contributed by atoms with van der Waals surface area (Å²) in [5.41, 5.74) is 2.42. The van der Waals surface area contributed by atoms with Crippen molar-refractivity contribution in [2.45, 2.75) is 19.8 Å². The van der Waals surface area contributed by atoms with Gasteiger partial charge >= 0.3 is 0 Å². The Morgan fingerprint density at radius 2 is 2.60 bits per heavy atom. The van der Waals surface area contributed by atoms with Crippen LogP contribution in [0.3, 0.4) is 0 Å². The van der Waals surface area contributed by atoms with Crippen molar-refractivity contribution in [1.29, 1.82) is 0 Å². The molecule has 1 aromatic heterocycles. The molecule has 0 amide bonds. The normalized spacial score (nSPS) is 15.3. The molecule has 0 aliphatic heterocycles. The highest BCUT2D eigenvalue weighted by atomic mass is 14.9. The van der Waals surface area contributed by atoms with E-state index in [0.717, 1.165) is 24.4 Å². The summed E-state index contributed by atoms with van der Waals surface area (Å²) < 4.78 is 0. The Morgan fingerprint density at radius 1 is 1.70 bits per heavy atom. The SMILES string of the molecule is Cc1nc2c([nH]1)CCC=C2.[HH]. The summed E-state index contributed by atoms with van der Waals surface area (Å²) >= 11 is 0. The maximum Gasteiger partial charge on any atom is 0.103 e. The zero-order valence-electron chi connectivity index (χ0n) is 6.02. The number of rotatable bonds is 0. The zero-order chi connectivity index (χ0) is 6.97. The third-order valence-corrected chi connectivity index (χ3v) is 1.77. The van der Waals surface area contributed by atoms with E-state index in [1.807, 2.05) is 6.92 Å². The molecule has 2 rings (SSSR count). The van der Waals surface area contributed by atoms with Crippen LogP contribution in [0, 0.1) is 6.92 Å². The molecule has 0 saturated heterocycles. The van der Waals surface area contributed by atoms with Crippen LogP contribution in [0.1, 0.15) is 25.1 Å². The molecule has 0 aromatic carbocycles. The maximum absolute atomic E-state index is 4.31. The number of fused-ring (bicyclic) bond motifs is 1. The fraction of sp³-hybridized carbons (Fsp3) is 0.375. The lowest BCUT2D eigenvalue weighted by Crippen LogP contribution is -1.91. The molecule has 0 bridgehead atoms. The van der Waals surface area contributed by atoms with Gasteiger partial charge in [-0.2, -0.15) is 0 Å². The molecule has 0 spiro atoms. The van der Waals surface area contributed by atoms with E-state index in [1.54, 1.807) is 0 Å². The van der Waals surface area contributed by atoms with Crippen molar-refractivity contribution in [3.8, 4) is 0 Å². The first-order chi connectivity index (χ1) is 4.86. The van der Waals surface area contributed by atoms with Crippen LogP contribution in [0.5, 0.6) is 0 Å². The molecule has 0 unspecified atom stereocenters. The molecule has 0 atom stereocenters. The van der Waals surface area contributed by atoms with Crippen molar-refractivity contribution in [1.82, 2.24) is 9.97 Å². The number of aromatic nitrogens is 2. The molecule has 54 valence electrons. The summed E-state index contributed by atoms with van der Waals surface area (Å²) in [4.78, 5) is 7.54. The van der Waals surface area contributed by atoms with Crippen molar-refractivity contribution < 1.29 is 1.43 Å². The molecule has 2 heteroatoms. The lowest BCUT2D eigenvalue weighted by atomic mass is 10.1. The second-order valence-electron chi connectivity index (χ2n) is 2.63. The van der Waals surface area contributed by atoms with Gasteiger partial charge in [0.05, 0.1) is 5.69 Å². The lowest BCUT2D eigenvalue weighted by Gasteiger charge is -2.00. The first kappa shape index (κ1) is 5.71. The van der Waals surface area contributed by atoms with Gasteiger partial charge in [-0.3, -0.25) is 0 Å². The Labute approximate surface area is 61.5 Å². The van der Waals surface area contributed by atoms with Crippen molar-refractivity contribution >= 4 is 6.08 Å². The van der Waals surface area contributed by atoms with Crippen LogP contribution in [0.15, 0.2) is 6.08 Å². The molecule has 0 saturated carbocycles. The van der Waals surface area contributed by atoms with Crippen molar-refractivity contribution in [3.05, 3.63) is 23.3 Å². The second-order valence-corrected chi connectivity index (χ2v) is 2.63. The van der Waals surface area contributed by atoms with Crippen LogP contribution in [-0.4, -0.2) is 9.97 Å². The Hall–Kier alpha value is -1.05. The van der Waals surface area contributed by atoms with Gasteiger partial charge in [0.15, 0.2) is 0 Å². The first-order valence-electron chi connectivity index (χ1n) is 3.58. The minimum Gasteiger partial charge on any atom is -0.346 e. The molecular weight excluding hydrogens is 124 g/mol. The largest absolute Gasteiger partial charge is 0.346 e. The summed E-state index contributed by atoms with van der Waals surface area (Å²) in [5, 5.41) is 0. The van der Waals surface area contributed by atoms with Gasteiger partial charge in [0, 0.05) is 7.12 Å². The highest BCUT2D eigenvalue weighted by Gasteiger charge is 2.06. The molecule has 10 heavy (non-hydrogen) atoms. The van der Waals surface area contributed by atoms with Gasteiger partial charge in [0.25, 0.3) is 0 Å². The molecule has 0 fully saturated rings. The Balaban J connectivity index is 0.000000605. The molecule has 1 heterocycles. The highest BCUT2D eigenvalue weighted by Crippen LogP contribution is 2.15. The minimum absolute atomic E-state index is 0. The van der Waals surface area contributed by atoms with Gasteiger partial charge in [-0.15, -0.1) is 0 Å². The van der Waals surface area contributed by atoms with Crippen LogP contribution in [-0.2, 0) is 6.42 Å². The average Bonchev–Trinajstić information content (AvgIpc) is 2.27. The van der Waals surface area contributed by atoms with E-state index in [2.05, 4.69) is 22.1 Å². The van der Waals surface area contributed by atoms with E-state index in [-0.39, 0.29) is 1.43 Å². The van der Waals surface area contributed by atoms with Crippen LogP contribution in [0.2, 0.25) is 0 Å². The number of hydrogen-bond acceptors (Lipinski definition) is 1. The summed E-state index contributed by atoms with van der Waals surface area (Å²) in [7, 11) is 0. The standard InChI is InChI=1S/C8H10N2.H2/c1-6-9-7-4-2-3-5-8(7)10-6;/h2,4H,3,5H2,1H3,(H,9,10);1H. The van der Waals surface area contributed by atoms with E-state index in [4.69, 9.17) is 0 Å². The van der Waals surface area contributed by atoms with Crippen LogP contribution < -0.4 is 0 Å². The molecule has 2 nitrogen and oxygen atoms in total. The molecule has 1 aliphatic carbocycles. The van der Waals surface area contributed by atoms with Crippen molar-refractivity contribution in [2.24, 2.45) is 0 Å². The van der Waals surface area contributed by atoms with E-state index >= 15 is 0 Å². The number of nitrogens with zero attached hydrogens (tertiary/aromatic N) is 1. The minimum atomic E-state index is 0. The van der Waals surface area contributed by atoms with Gasteiger partial charge in [0.1, 0.15) is 5.82 Å². The number of H-pyrrole nitrogens is 1. The summed E-state index contributed by atoms with van der Waals surface area (Å²) in [6.07, 6.45) is 6.52. The Morgan fingerprint density at radius 3 is 3.40 bits per heavy atom. The zero-order valence-corrected chi connectivity index (χ0v) is 6.02. The van der Waals surface area contributed by atoms with Gasteiger partial charge in [-0.05, 0) is 25.8 Å². The Bertz CT molecular complexity index is 276. The van der Waals surface area contributed by atoms with E-state index in [0.29, 0.717) is 0 Å². The van der Waals surface area contributed by atoms with Gasteiger partial charge in [0.2, 0.25) is 0 Å². The summed E-state index contributed by atoms with van der Waals surface area (Å²) in [6.45, 7) is 1.99. The van der Waals surface area contributed by atoms with Gasteiger partial charge < -0.3 is 4.98 Å². The van der Waals surface area contributed by atoms with E-state index < -0.39 is 0 Å². The summed E-state index contributed by atoms with van der Waals surface area (Å²) in [6, 6.07) is 0. The molecule has 1 aliphatic rings. The number of aryl methyl sites for hydroxylation is 2. The smallest absolute Gasteiger partial charge is 0.103 e. The third kappa shape index (κ3) is 0.764. The lowest BCUT2D eigenvalue weighted by molar-refractivity contribution is 0.938. The predicted octanol–water partition coefficient (Wildman–Crippen LogP) is 1.92. The Kier molecular flexibility index (Phi) is 1.13. The quantitative estimate of drug-likeness (QED) is 0.580. The highest BCUT2D eigenvalue weighted by molar-refractivity contribution is 5.50. The monoisotopic (exact) mass is 136 g/mol. The summed E-state index contributed by atoms with van der Waals surface area (Å²) in [5.74, 6) is 1.02. The molecule has 1 N–H and O–H groups in total. The number of allylic oxidation sites excluding steroid dienone is 1. The van der Waals surface area contributed by atoms with E-state index in [9.17, 15) is 0 Å². The van der Waals surface area contributed by atoms with Crippen LogP contribution >= 0.6 is 0 Å². The molecule has 1 aromatic rings. The molecule has 0 radical (unpaired) electrons. The number of imidazole rings is 1. The van der Waals surface area contributed by atoms with Gasteiger partial charge in [-0.25, -0.2) is 4.98 Å². The number of aromatic amines is 1. The fourth-order valence-corrected chi connectivity index (χ4v) is 1.31. The van der Waals surface area contributed by atoms with Crippen molar-refractivity contribution in [2.75, 3.05) is 0 Å². The fourth-order valence-electron chi connectivity index (χ4n) is 1.31. The number of nitrogens with one attached hydrogen (secondary N) is 1. The first-order valence-corrected chi connectivity index (χ1v) is 3.58.